The Labute approximate surface area is 245 Å². The molecule has 4 heterocycles. The maximum absolute atomic E-state index is 6.25. The molecule has 39 heavy (non-hydrogen) atoms. The van der Waals surface area contributed by atoms with E-state index in [2.05, 4.69) is 55.0 Å². The Kier molecular flexibility index (Phi) is 7.71. The summed E-state index contributed by atoms with van der Waals surface area (Å²) in [5, 5.41) is 3.37. The quantitative estimate of drug-likeness (QED) is 0.169. The van der Waals surface area contributed by atoms with E-state index in [9.17, 15) is 0 Å². The molecule has 0 fully saturated rings. The SMILES string of the molecule is CC(C)(C)c1nc2ccc3oc4c(-c5ccccn5)[c-]ccc4c3c2s1.[Ir].[c-]1ccccc1-c1ccccn1. The molecule has 0 saturated carbocycles. The fourth-order valence-electron chi connectivity index (χ4n) is 4.31. The molecule has 4 aromatic heterocycles. The van der Waals surface area contributed by atoms with Crippen molar-refractivity contribution in [2.75, 3.05) is 0 Å². The van der Waals surface area contributed by atoms with Gasteiger partial charge in [0, 0.05) is 43.3 Å². The first-order chi connectivity index (χ1) is 18.5. The monoisotopic (exact) mass is 704 g/mol. The van der Waals surface area contributed by atoms with Crippen LogP contribution in [0.3, 0.4) is 0 Å². The van der Waals surface area contributed by atoms with Crippen LogP contribution in [0, 0.1) is 12.1 Å². The zero-order valence-electron chi connectivity index (χ0n) is 21.7. The van der Waals surface area contributed by atoms with Crippen LogP contribution in [-0.4, -0.2) is 15.0 Å². The number of fused-ring (bicyclic) bond motifs is 5. The van der Waals surface area contributed by atoms with Crippen molar-refractivity contribution in [2.45, 2.75) is 26.2 Å². The van der Waals surface area contributed by atoms with Gasteiger partial charge in [0.25, 0.3) is 0 Å². The number of furan rings is 1. The Morgan fingerprint density at radius 3 is 2.18 bits per heavy atom. The number of rotatable bonds is 2. The number of hydrogen-bond acceptors (Lipinski definition) is 5. The molecule has 0 aliphatic carbocycles. The van der Waals surface area contributed by atoms with Crippen LogP contribution in [0.4, 0.5) is 0 Å². The second-order valence-electron chi connectivity index (χ2n) is 9.96. The molecule has 4 nitrogen and oxygen atoms in total. The van der Waals surface area contributed by atoms with Gasteiger partial charge in [0.15, 0.2) is 0 Å². The summed E-state index contributed by atoms with van der Waals surface area (Å²) in [5.74, 6) is 0. The summed E-state index contributed by atoms with van der Waals surface area (Å²) < 4.78 is 7.43. The molecule has 3 aromatic carbocycles. The summed E-state index contributed by atoms with van der Waals surface area (Å²) in [6, 6.07) is 34.1. The van der Waals surface area contributed by atoms with E-state index in [1.165, 1.54) is 4.70 Å². The van der Waals surface area contributed by atoms with Crippen molar-refractivity contribution in [1.29, 1.82) is 0 Å². The molecular weight excluding hydrogens is 679 g/mol. The van der Waals surface area contributed by atoms with E-state index in [0.29, 0.717) is 0 Å². The van der Waals surface area contributed by atoms with Crippen molar-refractivity contribution >= 4 is 43.5 Å². The van der Waals surface area contributed by atoms with Gasteiger partial charge in [0.2, 0.25) is 0 Å². The third kappa shape index (κ3) is 5.41. The zero-order valence-corrected chi connectivity index (χ0v) is 24.9. The maximum Gasteiger partial charge on any atom is 0.122 e. The number of thiazole rings is 1. The van der Waals surface area contributed by atoms with Crippen molar-refractivity contribution in [3.05, 3.63) is 114 Å². The van der Waals surface area contributed by atoms with E-state index in [1.807, 2.05) is 72.8 Å². The fraction of sp³-hybridized carbons (Fsp3) is 0.121. The predicted octanol–water partition coefficient (Wildman–Crippen LogP) is 8.90. The predicted molar refractivity (Wildman–Crippen MR) is 156 cm³/mol. The summed E-state index contributed by atoms with van der Waals surface area (Å²) >= 11 is 1.76. The first-order valence-corrected chi connectivity index (χ1v) is 13.3. The summed E-state index contributed by atoms with van der Waals surface area (Å²) in [6.07, 6.45) is 3.58. The third-order valence-electron chi connectivity index (χ3n) is 6.16. The number of nitrogens with zero attached hydrogens (tertiary/aromatic N) is 3. The molecule has 1 radical (unpaired) electrons. The molecule has 0 N–H and O–H groups in total. The first kappa shape index (κ1) is 26.9. The van der Waals surface area contributed by atoms with Crippen LogP contribution in [-0.2, 0) is 25.5 Å². The summed E-state index contributed by atoms with van der Waals surface area (Å²) in [4.78, 5) is 13.5. The summed E-state index contributed by atoms with van der Waals surface area (Å²) in [7, 11) is 0. The van der Waals surface area contributed by atoms with E-state index < -0.39 is 0 Å². The van der Waals surface area contributed by atoms with Gasteiger partial charge in [-0.25, -0.2) is 4.98 Å². The van der Waals surface area contributed by atoms with Gasteiger partial charge in [-0.2, -0.15) is 0 Å². The molecule has 0 aliphatic heterocycles. The Balaban J connectivity index is 0.000000200. The van der Waals surface area contributed by atoms with Gasteiger partial charge in [-0.15, -0.1) is 65.4 Å². The summed E-state index contributed by atoms with van der Waals surface area (Å²) in [5.41, 5.74) is 6.55. The van der Waals surface area contributed by atoms with E-state index in [4.69, 9.17) is 9.40 Å². The molecule has 0 atom stereocenters. The molecule has 0 unspecified atom stereocenters. The van der Waals surface area contributed by atoms with Gasteiger partial charge in [-0.1, -0.05) is 56.0 Å². The molecule has 0 spiro atoms. The molecular formula is C33H25IrN3OS-2. The van der Waals surface area contributed by atoms with E-state index >= 15 is 0 Å². The van der Waals surface area contributed by atoms with E-state index in [-0.39, 0.29) is 25.5 Å². The van der Waals surface area contributed by atoms with Gasteiger partial charge in [-0.05, 0) is 35.7 Å². The number of aromatic nitrogens is 3. The maximum atomic E-state index is 6.25. The van der Waals surface area contributed by atoms with Crippen molar-refractivity contribution in [2.24, 2.45) is 0 Å². The van der Waals surface area contributed by atoms with Crippen LogP contribution in [0.2, 0.25) is 0 Å². The average molecular weight is 704 g/mol. The van der Waals surface area contributed by atoms with Crippen LogP contribution in [0.1, 0.15) is 25.8 Å². The van der Waals surface area contributed by atoms with Crippen molar-refractivity contribution < 1.29 is 24.5 Å². The number of benzene rings is 3. The van der Waals surface area contributed by atoms with E-state index in [0.717, 1.165) is 55.0 Å². The molecule has 7 aromatic rings. The van der Waals surface area contributed by atoms with Gasteiger partial charge in [0.1, 0.15) is 5.58 Å². The molecule has 0 saturated heterocycles. The van der Waals surface area contributed by atoms with Crippen molar-refractivity contribution in [3.8, 4) is 22.5 Å². The van der Waals surface area contributed by atoms with Crippen molar-refractivity contribution in [3.63, 3.8) is 0 Å². The Hall–Kier alpha value is -3.70. The van der Waals surface area contributed by atoms with Crippen LogP contribution >= 0.6 is 11.3 Å². The van der Waals surface area contributed by atoms with Gasteiger partial charge < -0.3 is 14.4 Å². The van der Waals surface area contributed by atoms with Crippen LogP contribution in [0.25, 0.3) is 54.7 Å². The minimum Gasteiger partial charge on any atom is -0.501 e. The van der Waals surface area contributed by atoms with Gasteiger partial charge in [0.05, 0.1) is 20.8 Å². The van der Waals surface area contributed by atoms with Crippen LogP contribution in [0.15, 0.2) is 102 Å². The smallest absolute Gasteiger partial charge is 0.122 e. The minimum absolute atomic E-state index is 0. The Morgan fingerprint density at radius 2 is 1.51 bits per heavy atom. The minimum atomic E-state index is 0. The molecule has 6 heteroatoms. The largest absolute Gasteiger partial charge is 0.501 e. The van der Waals surface area contributed by atoms with E-state index in [1.54, 1.807) is 23.7 Å². The number of pyridine rings is 2. The average Bonchev–Trinajstić information content (AvgIpc) is 3.57. The molecule has 0 amide bonds. The third-order valence-corrected chi connectivity index (χ3v) is 7.68. The molecule has 0 aliphatic rings. The Bertz CT molecular complexity index is 1800. The normalized spacial score (nSPS) is 11.3. The standard InChI is InChI=1S/C22H17N2OS.C11H8N.Ir/c1-22(2,3)21-24-16-10-11-17-18(20(16)26-21)14-8-6-7-13(19(14)25-17)15-9-4-5-12-23-15;1-2-6-10(7-3-1)11-8-4-5-9-12-11;/h4-6,8-12H,1-3H3;1-6,8-9H;/q2*-1;. The zero-order chi connectivity index (χ0) is 26.1. The second kappa shape index (κ2) is 11.2. The topological polar surface area (TPSA) is 51.8 Å². The van der Waals surface area contributed by atoms with Gasteiger partial charge >= 0.3 is 0 Å². The second-order valence-corrected chi connectivity index (χ2v) is 11.0. The van der Waals surface area contributed by atoms with Crippen LogP contribution in [0.5, 0.6) is 0 Å². The molecule has 195 valence electrons. The Morgan fingerprint density at radius 1 is 0.769 bits per heavy atom. The van der Waals surface area contributed by atoms with Crippen LogP contribution < -0.4 is 0 Å². The fourth-order valence-corrected chi connectivity index (χ4v) is 5.48. The van der Waals surface area contributed by atoms with Gasteiger partial charge in [-0.3, -0.25) is 0 Å². The first-order valence-electron chi connectivity index (χ1n) is 12.5. The van der Waals surface area contributed by atoms with Crippen molar-refractivity contribution in [1.82, 2.24) is 15.0 Å². The summed E-state index contributed by atoms with van der Waals surface area (Å²) in [6.45, 7) is 6.59. The molecule has 0 bridgehead atoms. The number of hydrogen-bond donors (Lipinski definition) is 0. The molecule has 7 rings (SSSR count).